The summed E-state index contributed by atoms with van der Waals surface area (Å²) < 4.78 is 0. The molecule has 0 N–H and O–H groups in total. The van der Waals surface area contributed by atoms with Crippen LogP contribution in [0.2, 0.25) is 0 Å². The predicted octanol–water partition coefficient (Wildman–Crippen LogP) is 2.64. The maximum Gasteiger partial charge on any atom is 0.141 e. The zero-order valence-electron chi connectivity index (χ0n) is 8.25. The van der Waals surface area contributed by atoms with Gasteiger partial charge in [-0.3, -0.25) is 4.79 Å². The lowest BCUT2D eigenvalue weighted by Gasteiger charge is -2.10. The molecule has 1 aromatic heterocycles. The van der Waals surface area contributed by atoms with Gasteiger partial charge in [-0.1, -0.05) is 0 Å². The Bertz CT molecular complexity index is 388. The number of carbonyl (C=O) groups excluding carboxylic acids is 1. The predicted molar refractivity (Wildman–Crippen MR) is 55.7 cm³/mol. The van der Waals surface area contributed by atoms with E-state index in [1.807, 2.05) is 5.51 Å². The van der Waals surface area contributed by atoms with Crippen molar-refractivity contribution in [3.8, 4) is 0 Å². The number of carbonyl (C=O) groups is 1. The Kier molecular flexibility index (Phi) is 1.63. The van der Waals surface area contributed by atoms with Crippen LogP contribution in [0.4, 0.5) is 0 Å². The van der Waals surface area contributed by atoms with Gasteiger partial charge in [-0.05, 0) is 32.6 Å². The molecule has 74 valence electrons. The molecule has 0 spiro atoms. The average Bonchev–Trinajstić information content (AvgIpc) is 3.06. The summed E-state index contributed by atoms with van der Waals surface area (Å²) in [6.07, 6.45) is 4.63. The number of hydrogen-bond acceptors (Lipinski definition) is 3. The summed E-state index contributed by atoms with van der Waals surface area (Å²) in [6, 6.07) is 0. The second-order valence-electron chi connectivity index (χ2n) is 4.48. The minimum Gasteiger partial charge on any atom is -0.299 e. The van der Waals surface area contributed by atoms with E-state index in [1.165, 1.54) is 23.4 Å². The van der Waals surface area contributed by atoms with Gasteiger partial charge in [0.1, 0.15) is 5.78 Å². The lowest BCUT2D eigenvalue weighted by molar-refractivity contribution is -0.119. The normalized spacial score (nSPS) is 23.5. The number of rotatable bonds is 3. The standard InChI is InChI=1S/C11H13NOS/c1-7(13)11(4-5-11)10-9(8-2-3-8)12-6-14-10/h6,8H,2-5H2,1H3. The van der Waals surface area contributed by atoms with Gasteiger partial charge in [0, 0.05) is 10.8 Å². The maximum absolute atomic E-state index is 11.6. The first-order valence-corrected chi connectivity index (χ1v) is 6.07. The van der Waals surface area contributed by atoms with Gasteiger partial charge in [-0.2, -0.15) is 0 Å². The van der Waals surface area contributed by atoms with Crippen molar-refractivity contribution in [2.24, 2.45) is 0 Å². The number of nitrogens with zero attached hydrogens (tertiary/aromatic N) is 1. The van der Waals surface area contributed by atoms with E-state index in [0.717, 1.165) is 12.8 Å². The van der Waals surface area contributed by atoms with Crippen LogP contribution in [0.15, 0.2) is 5.51 Å². The summed E-state index contributed by atoms with van der Waals surface area (Å²) in [6.45, 7) is 1.73. The lowest BCUT2D eigenvalue weighted by Crippen LogP contribution is -2.17. The highest BCUT2D eigenvalue weighted by atomic mass is 32.1. The fourth-order valence-electron chi connectivity index (χ4n) is 2.12. The van der Waals surface area contributed by atoms with Crippen LogP contribution < -0.4 is 0 Å². The smallest absolute Gasteiger partial charge is 0.141 e. The topological polar surface area (TPSA) is 30.0 Å². The molecule has 1 aromatic rings. The number of hydrogen-bond donors (Lipinski definition) is 0. The Morgan fingerprint density at radius 1 is 1.57 bits per heavy atom. The molecular weight excluding hydrogens is 194 g/mol. The van der Waals surface area contributed by atoms with Gasteiger partial charge in [-0.15, -0.1) is 11.3 Å². The minimum absolute atomic E-state index is 0.0981. The summed E-state index contributed by atoms with van der Waals surface area (Å²) >= 11 is 1.68. The van der Waals surface area contributed by atoms with Crippen LogP contribution in [0, 0.1) is 0 Å². The Labute approximate surface area is 87.4 Å². The van der Waals surface area contributed by atoms with E-state index in [9.17, 15) is 4.79 Å². The zero-order chi connectivity index (χ0) is 9.76. The molecule has 2 saturated carbocycles. The van der Waals surface area contributed by atoms with Gasteiger partial charge in [0.2, 0.25) is 0 Å². The molecule has 3 rings (SSSR count). The van der Waals surface area contributed by atoms with Crippen LogP contribution in [0.3, 0.4) is 0 Å². The molecule has 0 saturated heterocycles. The Morgan fingerprint density at radius 3 is 2.79 bits per heavy atom. The van der Waals surface area contributed by atoms with E-state index in [1.54, 1.807) is 18.3 Å². The monoisotopic (exact) mass is 207 g/mol. The molecule has 0 radical (unpaired) electrons. The Morgan fingerprint density at radius 2 is 2.29 bits per heavy atom. The fraction of sp³-hybridized carbons (Fsp3) is 0.636. The van der Waals surface area contributed by atoms with E-state index >= 15 is 0 Å². The molecule has 0 atom stereocenters. The summed E-state index contributed by atoms with van der Waals surface area (Å²) in [4.78, 5) is 17.3. The van der Waals surface area contributed by atoms with E-state index < -0.39 is 0 Å². The lowest BCUT2D eigenvalue weighted by atomic mass is 9.97. The second kappa shape index (κ2) is 2.66. The molecule has 14 heavy (non-hydrogen) atoms. The van der Waals surface area contributed by atoms with Crippen molar-refractivity contribution in [1.82, 2.24) is 4.98 Å². The number of thiazole rings is 1. The molecule has 2 aliphatic rings. The van der Waals surface area contributed by atoms with Crippen LogP contribution >= 0.6 is 11.3 Å². The molecular formula is C11H13NOS. The maximum atomic E-state index is 11.6. The molecule has 0 aliphatic heterocycles. The van der Waals surface area contributed by atoms with Gasteiger partial charge in [0.05, 0.1) is 16.6 Å². The fourth-order valence-corrected chi connectivity index (χ4v) is 3.31. The summed E-state index contributed by atoms with van der Waals surface area (Å²) in [5.41, 5.74) is 3.05. The van der Waals surface area contributed by atoms with Crippen molar-refractivity contribution >= 4 is 17.1 Å². The van der Waals surface area contributed by atoms with E-state index in [-0.39, 0.29) is 5.41 Å². The number of Topliss-reactive ketones (excluding diaryl/α,β-unsaturated/α-hetero) is 1. The molecule has 2 nitrogen and oxygen atoms in total. The quantitative estimate of drug-likeness (QED) is 0.762. The van der Waals surface area contributed by atoms with E-state index in [2.05, 4.69) is 4.98 Å². The van der Waals surface area contributed by atoms with Crippen LogP contribution in [0.5, 0.6) is 0 Å². The molecule has 0 amide bonds. The highest BCUT2D eigenvalue weighted by Gasteiger charge is 2.52. The third-order valence-corrected chi connectivity index (χ3v) is 4.46. The SMILES string of the molecule is CC(=O)C1(c2scnc2C2CC2)CC1. The van der Waals surface area contributed by atoms with Crippen LogP contribution in [0.25, 0.3) is 0 Å². The molecule has 0 bridgehead atoms. The summed E-state index contributed by atoms with van der Waals surface area (Å²) in [5, 5.41) is 0. The van der Waals surface area contributed by atoms with Gasteiger partial charge >= 0.3 is 0 Å². The first-order valence-electron chi connectivity index (χ1n) is 5.19. The molecule has 0 unspecified atom stereocenters. The van der Waals surface area contributed by atoms with Crippen molar-refractivity contribution in [3.63, 3.8) is 0 Å². The highest BCUT2D eigenvalue weighted by Crippen LogP contribution is 2.55. The largest absolute Gasteiger partial charge is 0.299 e. The first kappa shape index (κ1) is 8.60. The van der Waals surface area contributed by atoms with E-state index in [4.69, 9.17) is 0 Å². The molecule has 0 aromatic carbocycles. The van der Waals surface area contributed by atoms with Crippen molar-refractivity contribution < 1.29 is 4.79 Å². The first-order chi connectivity index (χ1) is 6.74. The third-order valence-electron chi connectivity index (χ3n) is 3.42. The zero-order valence-corrected chi connectivity index (χ0v) is 9.06. The molecule has 2 fully saturated rings. The van der Waals surface area contributed by atoms with Gasteiger partial charge in [0.25, 0.3) is 0 Å². The van der Waals surface area contributed by atoms with Crippen LogP contribution in [-0.4, -0.2) is 10.8 Å². The minimum atomic E-state index is -0.0981. The van der Waals surface area contributed by atoms with Gasteiger partial charge < -0.3 is 0 Å². The Balaban J connectivity index is 2.03. The van der Waals surface area contributed by atoms with Crippen LogP contribution in [-0.2, 0) is 10.2 Å². The number of aromatic nitrogens is 1. The van der Waals surface area contributed by atoms with Crippen LogP contribution in [0.1, 0.15) is 49.1 Å². The molecule has 2 aliphatic carbocycles. The van der Waals surface area contributed by atoms with E-state index in [0.29, 0.717) is 11.7 Å². The van der Waals surface area contributed by atoms with Gasteiger partial charge in [0.15, 0.2) is 0 Å². The molecule has 1 heterocycles. The van der Waals surface area contributed by atoms with Crippen molar-refractivity contribution in [2.75, 3.05) is 0 Å². The average molecular weight is 207 g/mol. The van der Waals surface area contributed by atoms with Crippen molar-refractivity contribution in [3.05, 3.63) is 16.1 Å². The molecule has 3 heteroatoms. The van der Waals surface area contributed by atoms with Gasteiger partial charge in [-0.25, -0.2) is 4.98 Å². The van der Waals surface area contributed by atoms with Crippen molar-refractivity contribution in [1.29, 1.82) is 0 Å². The summed E-state index contributed by atoms with van der Waals surface area (Å²) in [7, 11) is 0. The second-order valence-corrected chi connectivity index (χ2v) is 5.33. The Hall–Kier alpha value is -0.700. The third kappa shape index (κ3) is 1.08. The summed E-state index contributed by atoms with van der Waals surface area (Å²) in [5.74, 6) is 1.01. The van der Waals surface area contributed by atoms with Crippen molar-refractivity contribution in [2.45, 2.75) is 43.9 Å². The number of ketones is 1. The highest BCUT2D eigenvalue weighted by molar-refractivity contribution is 7.10.